The van der Waals surface area contributed by atoms with E-state index in [0.717, 1.165) is 6.07 Å². The van der Waals surface area contributed by atoms with Gasteiger partial charge in [0.25, 0.3) is 11.6 Å². The standard InChI is InChI=1S/C13H13ClN2O5/c1-21-13(18)10-3-2-6-15(10)12(17)9-5-4-8(14)7-11(9)16(19)20/h4-5,7,10H,2-3,6H2,1H3. The predicted molar refractivity (Wildman–Crippen MR) is 74.2 cm³/mol. The van der Waals surface area contributed by atoms with Gasteiger partial charge in [-0.15, -0.1) is 0 Å². The summed E-state index contributed by atoms with van der Waals surface area (Å²) in [6, 6.07) is 3.14. The average molecular weight is 313 g/mol. The fraction of sp³-hybridized carbons (Fsp3) is 0.385. The molecule has 1 aliphatic heterocycles. The second-order valence-corrected chi connectivity index (χ2v) is 5.03. The van der Waals surface area contributed by atoms with Crippen LogP contribution in [0.2, 0.25) is 5.02 Å². The van der Waals surface area contributed by atoms with E-state index in [1.165, 1.54) is 24.1 Å². The molecule has 1 amide bonds. The lowest BCUT2D eigenvalue weighted by Gasteiger charge is -2.22. The number of carbonyl (C=O) groups excluding carboxylic acids is 2. The van der Waals surface area contributed by atoms with Gasteiger partial charge in [0.1, 0.15) is 11.6 Å². The van der Waals surface area contributed by atoms with Crippen molar-refractivity contribution in [3.63, 3.8) is 0 Å². The first-order valence-electron chi connectivity index (χ1n) is 6.28. The maximum absolute atomic E-state index is 12.5. The third-order valence-electron chi connectivity index (χ3n) is 3.37. The van der Waals surface area contributed by atoms with Gasteiger partial charge in [-0.3, -0.25) is 14.9 Å². The number of nitro benzene ring substituents is 1. The number of carbonyl (C=O) groups is 2. The fourth-order valence-corrected chi connectivity index (χ4v) is 2.55. The molecule has 8 heteroatoms. The third-order valence-corrected chi connectivity index (χ3v) is 3.61. The first-order chi connectivity index (χ1) is 9.95. The van der Waals surface area contributed by atoms with Gasteiger partial charge in [0, 0.05) is 17.6 Å². The van der Waals surface area contributed by atoms with Crippen LogP contribution in [0.25, 0.3) is 0 Å². The van der Waals surface area contributed by atoms with Crippen LogP contribution in [0.5, 0.6) is 0 Å². The molecule has 0 saturated carbocycles. The maximum atomic E-state index is 12.5. The number of amides is 1. The first kappa shape index (κ1) is 15.2. The zero-order chi connectivity index (χ0) is 15.6. The van der Waals surface area contributed by atoms with Gasteiger partial charge >= 0.3 is 5.97 Å². The summed E-state index contributed by atoms with van der Waals surface area (Å²) in [6.07, 6.45) is 1.13. The Morgan fingerprint density at radius 3 is 2.81 bits per heavy atom. The summed E-state index contributed by atoms with van der Waals surface area (Å²) < 4.78 is 4.66. The second kappa shape index (κ2) is 6.09. The largest absolute Gasteiger partial charge is 0.467 e. The Balaban J connectivity index is 2.36. The van der Waals surface area contributed by atoms with Crippen LogP contribution in [0.15, 0.2) is 18.2 Å². The highest BCUT2D eigenvalue weighted by molar-refractivity contribution is 6.31. The molecule has 1 fully saturated rings. The number of rotatable bonds is 3. The van der Waals surface area contributed by atoms with Crippen LogP contribution in [-0.4, -0.2) is 41.4 Å². The number of nitrogens with zero attached hydrogens (tertiary/aromatic N) is 2. The molecule has 7 nitrogen and oxygen atoms in total. The van der Waals surface area contributed by atoms with Crippen molar-refractivity contribution in [2.75, 3.05) is 13.7 Å². The molecule has 1 aromatic carbocycles. The molecule has 0 N–H and O–H groups in total. The molecular formula is C13H13ClN2O5. The van der Waals surface area contributed by atoms with Gasteiger partial charge in [0.05, 0.1) is 12.0 Å². The quantitative estimate of drug-likeness (QED) is 0.484. The highest BCUT2D eigenvalue weighted by Gasteiger charge is 2.37. The van der Waals surface area contributed by atoms with Crippen molar-refractivity contribution in [2.45, 2.75) is 18.9 Å². The fourth-order valence-electron chi connectivity index (χ4n) is 2.38. The lowest BCUT2D eigenvalue weighted by molar-refractivity contribution is -0.385. The molecule has 112 valence electrons. The lowest BCUT2D eigenvalue weighted by atomic mass is 10.1. The molecule has 0 bridgehead atoms. The molecule has 1 heterocycles. The van der Waals surface area contributed by atoms with Gasteiger partial charge < -0.3 is 9.64 Å². The van der Waals surface area contributed by atoms with Crippen molar-refractivity contribution < 1.29 is 19.2 Å². The van der Waals surface area contributed by atoms with E-state index in [1.807, 2.05) is 0 Å². The number of esters is 1. The van der Waals surface area contributed by atoms with Crippen LogP contribution in [0.1, 0.15) is 23.2 Å². The molecule has 0 spiro atoms. The van der Waals surface area contributed by atoms with Crippen LogP contribution < -0.4 is 0 Å². The Hall–Kier alpha value is -2.15. The average Bonchev–Trinajstić information content (AvgIpc) is 2.94. The number of ether oxygens (including phenoxy) is 1. The Morgan fingerprint density at radius 1 is 1.48 bits per heavy atom. The predicted octanol–water partition coefficient (Wildman–Crippen LogP) is 2.03. The monoisotopic (exact) mass is 312 g/mol. The number of hydrogen-bond donors (Lipinski definition) is 0. The molecule has 2 rings (SSSR count). The lowest BCUT2D eigenvalue weighted by Crippen LogP contribution is -2.41. The van der Waals surface area contributed by atoms with Gasteiger partial charge in [-0.25, -0.2) is 4.79 Å². The van der Waals surface area contributed by atoms with Crippen molar-refractivity contribution in [2.24, 2.45) is 0 Å². The smallest absolute Gasteiger partial charge is 0.328 e. The van der Waals surface area contributed by atoms with Gasteiger partial charge in [-0.2, -0.15) is 0 Å². The Labute approximate surface area is 125 Å². The second-order valence-electron chi connectivity index (χ2n) is 4.60. The van der Waals surface area contributed by atoms with E-state index in [0.29, 0.717) is 19.4 Å². The SMILES string of the molecule is COC(=O)C1CCCN1C(=O)c1ccc(Cl)cc1[N+](=O)[O-]. The maximum Gasteiger partial charge on any atom is 0.328 e. The number of hydrogen-bond acceptors (Lipinski definition) is 5. The molecule has 0 radical (unpaired) electrons. The van der Waals surface area contributed by atoms with E-state index in [-0.39, 0.29) is 16.3 Å². The van der Waals surface area contributed by atoms with Crippen LogP contribution in [0.3, 0.4) is 0 Å². The summed E-state index contributed by atoms with van der Waals surface area (Å²) >= 11 is 5.72. The van der Waals surface area contributed by atoms with E-state index < -0.39 is 22.8 Å². The highest BCUT2D eigenvalue weighted by Crippen LogP contribution is 2.28. The zero-order valence-electron chi connectivity index (χ0n) is 11.2. The summed E-state index contributed by atoms with van der Waals surface area (Å²) in [7, 11) is 1.24. The molecule has 1 saturated heterocycles. The topological polar surface area (TPSA) is 89.8 Å². The van der Waals surface area contributed by atoms with E-state index in [4.69, 9.17) is 11.6 Å². The van der Waals surface area contributed by atoms with Crippen molar-refractivity contribution >= 4 is 29.2 Å². The van der Waals surface area contributed by atoms with Crippen LogP contribution in [0.4, 0.5) is 5.69 Å². The van der Waals surface area contributed by atoms with Gasteiger partial charge in [0.15, 0.2) is 0 Å². The Kier molecular flexibility index (Phi) is 4.42. The van der Waals surface area contributed by atoms with Crippen molar-refractivity contribution in [1.29, 1.82) is 0 Å². The summed E-state index contributed by atoms with van der Waals surface area (Å²) in [5.74, 6) is -1.08. The van der Waals surface area contributed by atoms with Crippen molar-refractivity contribution in [1.82, 2.24) is 4.90 Å². The normalized spacial score (nSPS) is 17.6. The number of methoxy groups -OCH3 is 1. The zero-order valence-corrected chi connectivity index (χ0v) is 12.0. The van der Waals surface area contributed by atoms with Gasteiger partial charge in [0.2, 0.25) is 0 Å². The van der Waals surface area contributed by atoms with Gasteiger partial charge in [-0.05, 0) is 25.0 Å². The van der Waals surface area contributed by atoms with Crippen LogP contribution in [0, 0.1) is 10.1 Å². The Morgan fingerprint density at radius 2 is 2.19 bits per heavy atom. The molecule has 1 atom stereocenters. The van der Waals surface area contributed by atoms with Gasteiger partial charge in [-0.1, -0.05) is 11.6 Å². The molecule has 0 aliphatic carbocycles. The van der Waals surface area contributed by atoms with Crippen molar-refractivity contribution in [3.8, 4) is 0 Å². The number of nitro groups is 1. The Bertz CT molecular complexity index is 604. The molecule has 1 unspecified atom stereocenters. The summed E-state index contributed by atoms with van der Waals surface area (Å²) in [5.41, 5.74) is -0.455. The van der Waals surface area contributed by atoms with E-state index in [1.54, 1.807) is 0 Å². The van der Waals surface area contributed by atoms with Crippen molar-refractivity contribution in [3.05, 3.63) is 38.9 Å². The minimum absolute atomic E-state index is 0.0831. The molecule has 21 heavy (non-hydrogen) atoms. The van der Waals surface area contributed by atoms with Crippen LogP contribution >= 0.6 is 11.6 Å². The number of likely N-dealkylation sites (tertiary alicyclic amines) is 1. The minimum atomic E-state index is -0.696. The van der Waals surface area contributed by atoms with E-state index >= 15 is 0 Å². The number of halogens is 1. The minimum Gasteiger partial charge on any atom is -0.467 e. The summed E-state index contributed by atoms with van der Waals surface area (Å²) in [5, 5.41) is 11.2. The highest BCUT2D eigenvalue weighted by atomic mass is 35.5. The number of benzene rings is 1. The summed E-state index contributed by atoms with van der Waals surface area (Å²) in [6.45, 7) is 0.360. The molecular weight excluding hydrogens is 300 g/mol. The summed E-state index contributed by atoms with van der Waals surface area (Å²) in [4.78, 5) is 35.8. The first-order valence-corrected chi connectivity index (χ1v) is 6.66. The molecule has 1 aliphatic rings. The third kappa shape index (κ3) is 2.97. The van der Waals surface area contributed by atoms with E-state index in [9.17, 15) is 19.7 Å². The van der Waals surface area contributed by atoms with Crippen LogP contribution in [-0.2, 0) is 9.53 Å². The molecule has 0 aromatic heterocycles. The molecule has 1 aromatic rings. The van der Waals surface area contributed by atoms with E-state index in [2.05, 4.69) is 4.74 Å².